The molecule has 1 amide bonds. The third-order valence-electron chi connectivity index (χ3n) is 4.36. The molecule has 3 aromatic rings. The van der Waals surface area contributed by atoms with Gasteiger partial charge in [-0.1, -0.05) is 30.3 Å². The summed E-state index contributed by atoms with van der Waals surface area (Å²) in [5, 5.41) is 4.17. The van der Waals surface area contributed by atoms with Crippen molar-refractivity contribution in [2.24, 2.45) is 0 Å². The first-order valence-electron chi connectivity index (χ1n) is 8.14. The van der Waals surface area contributed by atoms with E-state index in [1.807, 2.05) is 26.2 Å². The van der Waals surface area contributed by atoms with E-state index >= 15 is 0 Å². The van der Waals surface area contributed by atoms with E-state index in [9.17, 15) is 4.79 Å². The largest absolute Gasteiger partial charge is 0.378 e. The number of carbonyl (C=O) groups is 1. The standard InChI is InChI=1S/C20H23N3O/c1-14(24)21-12-18(15-8-10-16(11-9-15)23(2)3)19-13-22-20-7-5-4-6-17(19)20/h4-11,13,18,22H,12H2,1-3H3,(H,21,24)/t18-/m1/s1. The first-order chi connectivity index (χ1) is 11.6. The molecule has 2 aromatic carbocycles. The van der Waals surface area contributed by atoms with Crippen LogP contribution in [0.4, 0.5) is 5.69 Å². The van der Waals surface area contributed by atoms with E-state index in [0.29, 0.717) is 6.54 Å². The highest BCUT2D eigenvalue weighted by atomic mass is 16.1. The average molecular weight is 321 g/mol. The Kier molecular flexibility index (Phi) is 4.56. The normalized spacial score (nSPS) is 12.1. The Morgan fingerprint density at radius 1 is 1.12 bits per heavy atom. The molecule has 124 valence electrons. The van der Waals surface area contributed by atoms with Crippen LogP contribution in [0.1, 0.15) is 24.0 Å². The van der Waals surface area contributed by atoms with Gasteiger partial charge in [0.1, 0.15) is 0 Å². The molecule has 4 nitrogen and oxygen atoms in total. The van der Waals surface area contributed by atoms with Gasteiger partial charge < -0.3 is 15.2 Å². The number of carbonyl (C=O) groups excluding carboxylic acids is 1. The van der Waals surface area contributed by atoms with Crippen molar-refractivity contribution in [2.75, 3.05) is 25.5 Å². The molecule has 1 aromatic heterocycles. The summed E-state index contributed by atoms with van der Waals surface area (Å²) >= 11 is 0. The molecule has 2 N–H and O–H groups in total. The summed E-state index contributed by atoms with van der Waals surface area (Å²) in [5.74, 6) is 0.103. The molecule has 0 saturated carbocycles. The molecule has 4 heteroatoms. The second-order valence-electron chi connectivity index (χ2n) is 6.27. The Hall–Kier alpha value is -2.75. The fourth-order valence-electron chi connectivity index (χ4n) is 3.04. The van der Waals surface area contributed by atoms with Gasteiger partial charge in [-0.2, -0.15) is 0 Å². The molecule has 3 rings (SSSR count). The fourth-order valence-corrected chi connectivity index (χ4v) is 3.04. The Morgan fingerprint density at radius 3 is 2.50 bits per heavy atom. The maximum absolute atomic E-state index is 11.4. The lowest BCUT2D eigenvalue weighted by atomic mass is 9.90. The Labute approximate surface area is 142 Å². The van der Waals surface area contributed by atoms with E-state index < -0.39 is 0 Å². The monoisotopic (exact) mass is 321 g/mol. The summed E-state index contributed by atoms with van der Waals surface area (Å²) < 4.78 is 0. The first kappa shape index (κ1) is 16.1. The number of rotatable bonds is 5. The van der Waals surface area contributed by atoms with Crippen LogP contribution in [0.25, 0.3) is 10.9 Å². The van der Waals surface area contributed by atoms with E-state index in [0.717, 1.165) is 11.2 Å². The molecule has 0 aliphatic rings. The minimum atomic E-state index is -0.00949. The predicted molar refractivity (Wildman–Crippen MR) is 99.6 cm³/mol. The van der Waals surface area contributed by atoms with Crippen LogP contribution in [0.3, 0.4) is 0 Å². The Morgan fingerprint density at radius 2 is 1.83 bits per heavy atom. The van der Waals surface area contributed by atoms with Gasteiger partial charge in [-0.05, 0) is 29.3 Å². The maximum atomic E-state index is 11.4. The number of H-pyrrole nitrogens is 1. The lowest BCUT2D eigenvalue weighted by Crippen LogP contribution is -2.26. The van der Waals surface area contributed by atoms with Gasteiger partial charge in [-0.15, -0.1) is 0 Å². The van der Waals surface area contributed by atoms with Gasteiger partial charge in [0.25, 0.3) is 0 Å². The second kappa shape index (κ2) is 6.79. The van der Waals surface area contributed by atoms with Crippen LogP contribution in [-0.2, 0) is 4.79 Å². The Bertz CT molecular complexity index is 833. The molecule has 0 saturated heterocycles. The molecule has 0 unspecified atom stereocenters. The van der Waals surface area contributed by atoms with E-state index in [-0.39, 0.29) is 11.8 Å². The molecule has 0 spiro atoms. The third-order valence-corrected chi connectivity index (χ3v) is 4.36. The van der Waals surface area contributed by atoms with Crippen LogP contribution in [0.5, 0.6) is 0 Å². The van der Waals surface area contributed by atoms with Gasteiger partial charge >= 0.3 is 0 Å². The second-order valence-corrected chi connectivity index (χ2v) is 6.27. The van der Waals surface area contributed by atoms with Crippen molar-refractivity contribution >= 4 is 22.5 Å². The van der Waals surface area contributed by atoms with Crippen molar-refractivity contribution in [3.8, 4) is 0 Å². The van der Waals surface area contributed by atoms with Crippen LogP contribution >= 0.6 is 0 Å². The SMILES string of the molecule is CC(=O)NC[C@H](c1ccc(N(C)C)cc1)c1c[nH]c2ccccc12. The van der Waals surface area contributed by atoms with Crippen molar-refractivity contribution in [1.82, 2.24) is 10.3 Å². The zero-order valence-electron chi connectivity index (χ0n) is 14.3. The lowest BCUT2D eigenvalue weighted by molar-refractivity contribution is -0.118. The number of anilines is 1. The third kappa shape index (κ3) is 3.27. The number of aromatic amines is 1. The summed E-state index contributed by atoms with van der Waals surface area (Å²) in [4.78, 5) is 16.8. The van der Waals surface area contributed by atoms with Gasteiger partial charge in [0.15, 0.2) is 0 Å². The average Bonchev–Trinajstić information content (AvgIpc) is 2.99. The fraction of sp³-hybridized carbons (Fsp3) is 0.250. The molecule has 0 aliphatic carbocycles. The molecule has 0 bridgehead atoms. The molecule has 0 fully saturated rings. The van der Waals surface area contributed by atoms with E-state index in [1.54, 1.807) is 6.92 Å². The number of amides is 1. The van der Waals surface area contributed by atoms with Crippen molar-refractivity contribution in [1.29, 1.82) is 0 Å². The minimum Gasteiger partial charge on any atom is -0.378 e. The number of aromatic nitrogens is 1. The molecule has 0 aliphatic heterocycles. The highest BCUT2D eigenvalue weighted by Crippen LogP contribution is 2.31. The van der Waals surface area contributed by atoms with Crippen molar-refractivity contribution in [3.05, 3.63) is 65.9 Å². The van der Waals surface area contributed by atoms with E-state index in [2.05, 4.69) is 57.8 Å². The minimum absolute atomic E-state index is 0.00949. The summed E-state index contributed by atoms with van der Waals surface area (Å²) in [6, 6.07) is 16.8. The zero-order chi connectivity index (χ0) is 17.1. The number of nitrogens with zero attached hydrogens (tertiary/aromatic N) is 1. The summed E-state index contributed by atoms with van der Waals surface area (Å²) in [6.07, 6.45) is 2.05. The van der Waals surface area contributed by atoms with Crippen molar-refractivity contribution < 1.29 is 4.79 Å². The van der Waals surface area contributed by atoms with Gasteiger partial charge in [0.05, 0.1) is 0 Å². The van der Waals surface area contributed by atoms with Gasteiger partial charge in [-0.25, -0.2) is 0 Å². The molecular formula is C20H23N3O. The molecule has 0 radical (unpaired) electrons. The number of fused-ring (bicyclic) bond motifs is 1. The summed E-state index contributed by atoms with van der Waals surface area (Å²) in [6.45, 7) is 2.14. The molecule has 1 heterocycles. The van der Waals surface area contributed by atoms with E-state index in [4.69, 9.17) is 0 Å². The van der Waals surface area contributed by atoms with Gasteiger partial charge in [0, 0.05) is 56.3 Å². The molecular weight excluding hydrogens is 298 g/mol. The molecule has 1 atom stereocenters. The van der Waals surface area contributed by atoms with Crippen molar-refractivity contribution in [2.45, 2.75) is 12.8 Å². The van der Waals surface area contributed by atoms with Crippen LogP contribution in [0.2, 0.25) is 0 Å². The quantitative estimate of drug-likeness (QED) is 0.755. The maximum Gasteiger partial charge on any atom is 0.216 e. The van der Waals surface area contributed by atoms with Crippen LogP contribution in [0, 0.1) is 0 Å². The van der Waals surface area contributed by atoms with Crippen molar-refractivity contribution in [3.63, 3.8) is 0 Å². The topological polar surface area (TPSA) is 48.1 Å². The van der Waals surface area contributed by atoms with E-state index in [1.165, 1.54) is 16.5 Å². The van der Waals surface area contributed by atoms with Gasteiger partial charge in [0.2, 0.25) is 5.91 Å². The number of nitrogens with one attached hydrogen (secondary N) is 2. The summed E-state index contributed by atoms with van der Waals surface area (Å²) in [5.41, 5.74) is 4.68. The number of benzene rings is 2. The first-order valence-corrected chi connectivity index (χ1v) is 8.14. The Balaban J connectivity index is 2.01. The lowest BCUT2D eigenvalue weighted by Gasteiger charge is -2.19. The summed E-state index contributed by atoms with van der Waals surface area (Å²) in [7, 11) is 4.06. The van der Waals surface area contributed by atoms with Crippen LogP contribution < -0.4 is 10.2 Å². The number of hydrogen-bond acceptors (Lipinski definition) is 2. The smallest absolute Gasteiger partial charge is 0.216 e. The number of hydrogen-bond donors (Lipinski definition) is 2. The van der Waals surface area contributed by atoms with Crippen LogP contribution in [-0.4, -0.2) is 31.5 Å². The van der Waals surface area contributed by atoms with Crippen LogP contribution in [0.15, 0.2) is 54.7 Å². The molecule has 24 heavy (non-hydrogen) atoms. The zero-order valence-corrected chi connectivity index (χ0v) is 14.3. The highest BCUT2D eigenvalue weighted by Gasteiger charge is 2.18. The highest BCUT2D eigenvalue weighted by molar-refractivity contribution is 5.84. The van der Waals surface area contributed by atoms with Gasteiger partial charge in [-0.3, -0.25) is 4.79 Å². The predicted octanol–water partition coefficient (Wildman–Crippen LogP) is 3.50. The number of para-hydroxylation sites is 1.